The zero-order valence-corrected chi connectivity index (χ0v) is 18.0. The third kappa shape index (κ3) is 6.54. The third-order valence-electron chi connectivity index (χ3n) is 4.18. The van der Waals surface area contributed by atoms with Crippen LogP contribution >= 0.6 is 24.0 Å². The van der Waals surface area contributed by atoms with E-state index in [0.717, 1.165) is 31.6 Å². The minimum Gasteiger partial charge on any atom is -0.357 e. The summed E-state index contributed by atoms with van der Waals surface area (Å²) in [7, 11) is 0. The lowest BCUT2D eigenvalue weighted by Gasteiger charge is -2.37. The van der Waals surface area contributed by atoms with E-state index in [2.05, 4.69) is 34.4 Å². The molecule has 1 aromatic carbocycles. The number of hydrogen-bond acceptors (Lipinski definition) is 2. The molecule has 1 aromatic rings. The quantitative estimate of drug-likeness (QED) is 0.289. The van der Waals surface area contributed by atoms with Gasteiger partial charge < -0.3 is 15.5 Å². The van der Waals surface area contributed by atoms with Gasteiger partial charge in [-0.2, -0.15) is 0 Å². The van der Waals surface area contributed by atoms with Crippen molar-refractivity contribution in [2.24, 2.45) is 16.8 Å². The average molecular weight is 498 g/mol. The van der Waals surface area contributed by atoms with Crippen molar-refractivity contribution in [1.29, 1.82) is 0 Å². The van der Waals surface area contributed by atoms with Crippen LogP contribution in [0.5, 0.6) is 0 Å². The van der Waals surface area contributed by atoms with Gasteiger partial charge in [0.1, 0.15) is 6.54 Å². The Labute approximate surface area is 174 Å². The van der Waals surface area contributed by atoms with E-state index in [-0.39, 0.29) is 30.5 Å². The molecular weight excluding hydrogens is 472 g/mol. The molecule has 27 heavy (non-hydrogen) atoms. The summed E-state index contributed by atoms with van der Waals surface area (Å²) in [6.07, 6.45) is 1.14. The Hall–Kier alpha value is -1.52. The molecule has 1 heterocycles. The van der Waals surface area contributed by atoms with Gasteiger partial charge in [-0.05, 0) is 37.3 Å². The van der Waals surface area contributed by atoms with Crippen LogP contribution in [0.1, 0.15) is 27.2 Å². The molecule has 1 aliphatic heterocycles. The van der Waals surface area contributed by atoms with Gasteiger partial charge in [0.15, 0.2) is 23.4 Å². The van der Waals surface area contributed by atoms with Crippen LogP contribution in [0.4, 0.5) is 18.9 Å². The Balaban J connectivity index is 0.00000364. The van der Waals surface area contributed by atoms with Gasteiger partial charge in [-0.1, -0.05) is 13.8 Å². The van der Waals surface area contributed by atoms with Crippen molar-refractivity contribution in [3.05, 3.63) is 29.6 Å². The predicted molar refractivity (Wildman–Crippen MR) is 111 cm³/mol. The summed E-state index contributed by atoms with van der Waals surface area (Å²) in [6.45, 7) is 8.36. The number of guanidine groups is 1. The van der Waals surface area contributed by atoms with E-state index in [1.165, 1.54) is 0 Å². The summed E-state index contributed by atoms with van der Waals surface area (Å²) in [5, 5.41) is 5.38. The van der Waals surface area contributed by atoms with Gasteiger partial charge in [-0.25, -0.2) is 18.2 Å². The van der Waals surface area contributed by atoms with E-state index >= 15 is 0 Å². The van der Waals surface area contributed by atoms with Gasteiger partial charge in [-0.15, -0.1) is 24.0 Å². The monoisotopic (exact) mass is 498 g/mol. The zero-order valence-electron chi connectivity index (χ0n) is 15.7. The van der Waals surface area contributed by atoms with E-state index in [9.17, 15) is 18.0 Å². The highest BCUT2D eigenvalue weighted by Gasteiger charge is 2.24. The second-order valence-electron chi connectivity index (χ2n) is 6.79. The van der Waals surface area contributed by atoms with E-state index < -0.39 is 29.0 Å². The molecule has 0 saturated carbocycles. The molecule has 1 aliphatic rings. The molecule has 1 fully saturated rings. The zero-order chi connectivity index (χ0) is 19.3. The van der Waals surface area contributed by atoms with Crippen LogP contribution in [0, 0.1) is 29.3 Å². The summed E-state index contributed by atoms with van der Waals surface area (Å²) < 4.78 is 39.8. The van der Waals surface area contributed by atoms with Crippen LogP contribution in [-0.2, 0) is 4.79 Å². The molecule has 9 heteroatoms. The molecule has 1 amide bonds. The molecule has 5 nitrogen and oxygen atoms in total. The summed E-state index contributed by atoms with van der Waals surface area (Å²) in [5.41, 5.74) is -0.408. The molecule has 2 N–H and O–H groups in total. The molecule has 0 bridgehead atoms. The van der Waals surface area contributed by atoms with Gasteiger partial charge in [0.25, 0.3) is 0 Å². The van der Waals surface area contributed by atoms with E-state index in [1.807, 2.05) is 6.92 Å². The maximum Gasteiger partial charge on any atom is 0.246 e. The SMILES string of the molecule is CCNC(=NCC(=O)Nc1ccc(F)c(F)c1F)N1CC(C)CC(C)C1.I. The number of rotatable bonds is 4. The number of nitrogens with one attached hydrogen (secondary N) is 2. The Kier molecular flexibility index (Phi) is 9.34. The second-order valence-corrected chi connectivity index (χ2v) is 6.79. The molecule has 0 radical (unpaired) electrons. The highest BCUT2D eigenvalue weighted by molar-refractivity contribution is 14.0. The number of nitrogens with zero attached hydrogens (tertiary/aromatic N) is 2. The van der Waals surface area contributed by atoms with Crippen molar-refractivity contribution in [2.75, 3.05) is 31.5 Å². The fourth-order valence-corrected chi connectivity index (χ4v) is 3.22. The summed E-state index contributed by atoms with van der Waals surface area (Å²) >= 11 is 0. The molecule has 0 spiro atoms. The van der Waals surface area contributed by atoms with Gasteiger partial charge in [-0.3, -0.25) is 4.79 Å². The predicted octanol–water partition coefficient (Wildman–Crippen LogP) is 3.60. The number of carbonyl (C=O) groups excluding carboxylic acids is 1. The fraction of sp³-hybridized carbons (Fsp3) is 0.556. The lowest BCUT2D eigenvalue weighted by molar-refractivity contribution is -0.114. The minimum atomic E-state index is -1.61. The Morgan fingerprint density at radius 2 is 1.81 bits per heavy atom. The number of piperidine rings is 1. The van der Waals surface area contributed by atoms with E-state index in [4.69, 9.17) is 0 Å². The lowest BCUT2D eigenvalue weighted by Crippen LogP contribution is -2.48. The molecular formula is C18H26F3IN4O. The van der Waals surface area contributed by atoms with Crippen molar-refractivity contribution in [3.8, 4) is 0 Å². The first-order valence-electron chi connectivity index (χ1n) is 8.78. The average Bonchev–Trinajstić information content (AvgIpc) is 2.58. The number of aliphatic imine (C=N–C) groups is 1. The van der Waals surface area contributed by atoms with Crippen LogP contribution in [0.2, 0.25) is 0 Å². The van der Waals surface area contributed by atoms with Crippen LogP contribution in [0.15, 0.2) is 17.1 Å². The number of halogens is 4. The molecule has 152 valence electrons. The van der Waals surface area contributed by atoms with E-state index in [1.54, 1.807) is 0 Å². The molecule has 0 aromatic heterocycles. The second kappa shape index (κ2) is 10.7. The van der Waals surface area contributed by atoms with Crippen molar-refractivity contribution in [2.45, 2.75) is 27.2 Å². The highest BCUT2D eigenvalue weighted by Crippen LogP contribution is 2.21. The van der Waals surface area contributed by atoms with Crippen molar-refractivity contribution in [3.63, 3.8) is 0 Å². The van der Waals surface area contributed by atoms with Crippen LogP contribution < -0.4 is 10.6 Å². The number of anilines is 1. The van der Waals surface area contributed by atoms with Crippen molar-refractivity contribution < 1.29 is 18.0 Å². The van der Waals surface area contributed by atoms with Gasteiger partial charge in [0.05, 0.1) is 5.69 Å². The van der Waals surface area contributed by atoms with Crippen LogP contribution in [0.25, 0.3) is 0 Å². The summed E-state index contributed by atoms with van der Waals surface area (Å²) in [4.78, 5) is 18.4. The maximum atomic E-state index is 13.6. The Bertz CT molecular complexity index is 677. The summed E-state index contributed by atoms with van der Waals surface area (Å²) in [6, 6.07) is 1.74. The van der Waals surface area contributed by atoms with Crippen LogP contribution in [0.3, 0.4) is 0 Å². The largest absolute Gasteiger partial charge is 0.357 e. The van der Waals surface area contributed by atoms with Gasteiger partial charge >= 0.3 is 0 Å². The first-order valence-corrected chi connectivity index (χ1v) is 8.78. The van der Waals surface area contributed by atoms with Crippen LogP contribution in [-0.4, -0.2) is 42.9 Å². The number of benzene rings is 1. The fourth-order valence-electron chi connectivity index (χ4n) is 3.22. The Morgan fingerprint density at radius 3 is 2.41 bits per heavy atom. The summed E-state index contributed by atoms with van der Waals surface area (Å²) in [5.74, 6) is -3.29. The molecule has 2 atom stereocenters. The van der Waals surface area contributed by atoms with Crippen molar-refractivity contribution in [1.82, 2.24) is 10.2 Å². The van der Waals surface area contributed by atoms with Gasteiger partial charge in [0.2, 0.25) is 5.91 Å². The molecule has 2 rings (SSSR count). The normalized spacial score (nSPS) is 20.1. The number of carbonyl (C=O) groups is 1. The number of amides is 1. The first-order chi connectivity index (χ1) is 12.3. The van der Waals surface area contributed by atoms with Crippen molar-refractivity contribution >= 4 is 41.5 Å². The van der Waals surface area contributed by atoms with Gasteiger partial charge in [0, 0.05) is 19.6 Å². The third-order valence-corrected chi connectivity index (χ3v) is 4.18. The molecule has 2 unspecified atom stereocenters. The molecule has 1 saturated heterocycles. The highest BCUT2D eigenvalue weighted by atomic mass is 127. The Morgan fingerprint density at radius 1 is 1.19 bits per heavy atom. The molecule has 0 aliphatic carbocycles. The number of likely N-dealkylation sites (tertiary alicyclic amines) is 1. The lowest BCUT2D eigenvalue weighted by atomic mass is 9.92. The smallest absolute Gasteiger partial charge is 0.246 e. The van der Waals surface area contributed by atoms with E-state index in [0.29, 0.717) is 24.3 Å². The standard InChI is InChI=1S/C18H25F3N4O.HI/c1-4-22-18(25-9-11(2)7-12(3)10-25)23-8-15(26)24-14-6-5-13(19)16(20)17(14)21;/h5-6,11-12H,4,7-10H2,1-3H3,(H,22,23)(H,24,26);1H. The minimum absolute atomic E-state index is 0. The first kappa shape index (κ1) is 23.5. The topological polar surface area (TPSA) is 56.7 Å². The maximum absolute atomic E-state index is 13.6. The number of hydrogen-bond donors (Lipinski definition) is 2.